The van der Waals surface area contributed by atoms with Gasteiger partial charge in [-0.2, -0.15) is 18.1 Å². The van der Waals surface area contributed by atoms with E-state index in [0.717, 1.165) is 21.3 Å². The Labute approximate surface area is 156 Å². The van der Waals surface area contributed by atoms with Gasteiger partial charge in [0, 0.05) is 16.4 Å². The van der Waals surface area contributed by atoms with Crippen LogP contribution in [-0.4, -0.2) is 21.9 Å². The Kier molecular flexibility index (Phi) is 5.37. The fourth-order valence-electron chi connectivity index (χ4n) is 1.93. The van der Waals surface area contributed by atoms with E-state index >= 15 is 0 Å². The molecule has 1 amide bonds. The quantitative estimate of drug-likeness (QED) is 0.379. The standard InChI is InChI=1S/C15H8F5N3O2S2/c1-5-2-3-6(26-5)14-22-15(27-23-14)21-7(24)4-25-13-11(19)9(17)8(16)10(18)12(13)20/h2-3H,4H2,1H3,(H,21,22,23,24). The van der Waals surface area contributed by atoms with E-state index in [1.165, 1.54) is 11.3 Å². The summed E-state index contributed by atoms with van der Waals surface area (Å²) in [6, 6.07) is 3.68. The Morgan fingerprint density at radius 3 is 2.30 bits per heavy atom. The van der Waals surface area contributed by atoms with Crippen molar-refractivity contribution in [1.82, 2.24) is 9.36 Å². The SMILES string of the molecule is Cc1ccc(-c2nsc(NC(=O)COc3c(F)c(F)c(F)c(F)c3F)n2)s1. The molecule has 2 heterocycles. The van der Waals surface area contributed by atoms with Gasteiger partial charge >= 0.3 is 0 Å². The fraction of sp³-hybridized carbons (Fsp3) is 0.133. The summed E-state index contributed by atoms with van der Waals surface area (Å²) in [7, 11) is 0. The molecule has 5 nitrogen and oxygen atoms in total. The lowest BCUT2D eigenvalue weighted by Gasteiger charge is -2.09. The lowest BCUT2D eigenvalue weighted by molar-refractivity contribution is -0.118. The van der Waals surface area contributed by atoms with E-state index < -0.39 is 47.3 Å². The molecule has 0 fully saturated rings. The molecule has 0 saturated carbocycles. The van der Waals surface area contributed by atoms with Crippen LogP contribution in [0.1, 0.15) is 4.88 Å². The number of halogens is 5. The number of carbonyl (C=O) groups excluding carboxylic acids is 1. The molecular formula is C15H8F5N3O2S2. The number of aromatic nitrogens is 2. The van der Waals surface area contributed by atoms with Crippen LogP contribution in [0.5, 0.6) is 5.75 Å². The molecule has 0 aliphatic rings. The van der Waals surface area contributed by atoms with Crippen molar-refractivity contribution in [3.63, 3.8) is 0 Å². The number of nitrogens with zero attached hydrogens (tertiary/aromatic N) is 2. The second kappa shape index (κ2) is 7.56. The summed E-state index contributed by atoms with van der Waals surface area (Å²) < 4.78 is 74.6. The third-order valence-electron chi connectivity index (χ3n) is 3.15. The topological polar surface area (TPSA) is 64.1 Å². The molecule has 0 radical (unpaired) electrons. The van der Waals surface area contributed by atoms with Crippen LogP contribution in [0.4, 0.5) is 27.1 Å². The van der Waals surface area contributed by atoms with Gasteiger partial charge in [-0.15, -0.1) is 11.3 Å². The van der Waals surface area contributed by atoms with Gasteiger partial charge < -0.3 is 4.74 Å². The molecule has 12 heteroatoms. The summed E-state index contributed by atoms with van der Waals surface area (Å²) in [6.07, 6.45) is 0. The molecule has 0 atom stereocenters. The maximum atomic E-state index is 13.5. The monoisotopic (exact) mass is 421 g/mol. The third kappa shape index (κ3) is 3.90. The van der Waals surface area contributed by atoms with Gasteiger partial charge in [0.05, 0.1) is 4.88 Å². The number of hydrogen-bond donors (Lipinski definition) is 1. The summed E-state index contributed by atoms with van der Waals surface area (Å²) in [5.74, 6) is -13.0. The molecule has 27 heavy (non-hydrogen) atoms. The van der Waals surface area contributed by atoms with E-state index in [1.54, 1.807) is 6.07 Å². The number of benzene rings is 1. The van der Waals surface area contributed by atoms with Gasteiger partial charge in [0.25, 0.3) is 5.91 Å². The van der Waals surface area contributed by atoms with Gasteiger partial charge in [-0.25, -0.2) is 13.2 Å². The predicted octanol–water partition coefficient (Wildman–Crippen LogP) is 4.29. The number of carbonyl (C=O) groups is 1. The number of ether oxygens (including phenoxy) is 1. The molecule has 0 aliphatic heterocycles. The van der Waals surface area contributed by atoms with Crippen molar-refractivity contribution in [1.29, 1.82) is 0 Å². The maximum absolute atomic E-state index is 13.5. The lowest BCUT2D eigenvalue weighted by atomic mass is 10.2. The van der Waals surface area contributed by atoms with E-state index in [2.05, 4.69) is 19.4 Å². The third-order valence-corrected chi connectivity index (χ3v) is 4.78. The Balaban J connectivity index is 1.67. The van der Waals surface area contributed by atoms with Crippen LogP contribution in [0.3, 0.4) is 0 Å². The lowest BCUT2D eigenvalue weighted by Crippen LogP contribution is -2.21. The number of hydrogen-bond acceptors (Lipinski definition) is 6. The zero-order chi connectivity index (χ0) is 19.7. The summed E-state index contributed by atoms with van der Waals surface area (Å²) in [6.45, 7) is 0.908. The number of nitrogens with one attached hydrogen (secondary N) is 1. The van der Waals surface area contributed by atoms with Gasteiger partial charge in [0.1, 0.15) is 0 Å². The van der Waals surface area contributed by atoms with Crippen molar-refractivity contribution in [2.45, 2.75) is 6.92 Å². The first-order chi connectivity index (χ1) is 12.8. The van der Waals surface area contributed by atoms with Crippen LogP contribution in [0.2, 0.25) is 0 Å². The van der Waals surface area contributed by atoms with E-state index in [4.69, 9.17) is 0 Å². The van der Waals surface area contributed by atoms with Crippen LogP contribution in [0.25, 0.3) is 10.7 Å². The van der Waals surface area contributed by atoms with Crippen LogP contribution in [-0.2, 0) is 4.79 Å². The van der Waals surface area contributed by atoms with Crippen molar-refractivity contribution in [3.05, 3.63) is 46.1 Å². The highest BCUT2D eigenvalue weighted by Crippen LogP contribution is 2.30. The predicted molar refractivity (Wildman–Crippen MR) is 88.3 cm³/mol. The smallest absolute Gasteiger partial charge is 0.264 e. The Bertz CT molecular complexity index is 992. The van der Waals surface area contributed by atoms with E-state index in [1.807, 2.05) is 13.0 Å². The largest absolute Gasteiger partial charge is 0.477 e. The van der Waals surface area contributed by atoms with Gasteiger partial charge in [0.2, 0.25) is 34.2 Å². The Morgan fingerprint density at radius 2 is 1.70 bits per heavy atom. The Hall–Kier alpha value is -2.60. The normalized spacial score (nSPS) is 10.9. The molecule has 3 aromatic rings. The molecule has 0 aliphatic carbocycles. The molecule has 142 valence electrons. The van der Waals surface area contributed by atoms with E-state index in [0.29, 0.717) is 5.82 Å². The molecule has 1 N–H and O–H groups in total. The molecule has 0 unspecified atom stereocenters. The average Bonchev–Trinajstić information content (AvgIpc) is 3.27. The van der Waals surface area contributed by atoms with E-state index in [9.17, 15) is 26.7 Å². The van der Waals surface area contributed by atoms with E-state index in [-0.39, 0.29) is 5.13 Å². The first-order valence-electron chi connectivity index (χ1n) is 7.12. The van der Waals surface area contributed by atoms with Gasteiger partial charge in [-0.05, 0) is 19.1 Å². The number of aryl methyl sites for hydroxylation is 1. The van der Waals surface area contributed by atoms with Crippen molar-refractivity contribution < 1.29 is 31.5 Å². The summed E-state index contributed by atoms with van der Waals surface area (Å²) in [5, 5.41) is 2.35. The van der Waals surface area contributed by atoms with Crippen molar-refractivity contribution in [2.24, 2.45) is 0 Å². The summed E-state index contributed by atoms with van der Waals surface area (Å²) in [4.78, 5) is 17.7. The number of anilines is 1. The first-order valence-corrected chi connectivity index (χ1v) is 8.71. The molecular weight excluding hydrogens is 413 g/mol. The highest BCUT2D eigenvalue weighted by molar-refractivity contribution is 7.15. The van der Waals surface area contributed by atoms with Crippen LogP contribution in [0, 0.1) is 36.0 Å². The first kappa shape index (κ1) is 19.2. The highest BCUT2D eigenvalue weighted by Gasteiger charge is 2.27. The second-order valence-electron chi connectivity index (χ2n) is 5.07. The molecule has 1 aromatic carbocycles. The molecule has 0 spiro atoms. The van der Waals surface area contributed by atoms with Gasteiger partial charge in [-0.1, -0.05) is 0 Å². The van der Waals surface area contributed by atoms with Gasteiger partial charge in [0.15, 0.2) is 18.2 Å². The van der Waals surface area contributed by atoms with Gasteiger partial charge in [-0.3, -0.25) is 10.1 Å². The van der Waals surface area contributed by atoms with Crippen molar-refractivity contribution in [3.8, 4) is 16.5 Å². The zero-order valence-electron chi connectivity index (χ0n) is 13.3. The molecule has 0 saturated heterocycles. The fourth-order valence-corrected chi connectivity index (χ4v) is 3.39. The minimum absolute atomic E-state index is 0.0852. The molecule has 0 bridgehead atoms. The minimum atomic E-state index is -2.31. The highest BCUT2D eigenvalue weighted by atomic mass is 32.1. The minimum Gasteiger partial charge on any atom is -0.477 e. The van der Waals surface area contributed by atoms with Crippen LogP contribution >= 0.6 is 22.9 Å². The summed E-state index contributed by atoms with van der Waals surface area (Å²) >= 11 is 2.30. The second-order valence-corrected chi connectivity index (χ2v) is 7.11. The Morgan fingerprint density at radius 1 is 1.07 bits per heavy atom. The zero-order valence-corrected chi connectivity index (χ0v) is 14.9. The summed E-state index contributed by atoms with van der Waals surface area (Å²) in [5.41, 5.74) is 0. The maximum Gasteiger partial charge on any atom is 0.264 e. The molecule has 2 aromatic heterocycles. The van der Waals surface area contributed by atoms with Crippen molar-refractivity contribution in [2.75, 3.05) is 11.9 Å². The number of amides is 1. The number of rotatable bonds is 5. The van der Waals surface area contributed by atoms with Crippen molar-refractivity contribution >= 4 is 33.9 Å². The molecule has 3 rings (SSSR count). The average molecular weight is 421 g/mol. The van der Waals surface area contributed by atoms with Crippen LogP contribution in [0.15, 0.2) is 12.1 Å². The number of thiophene rings is 1. The van der Waals surface area contributed by atoms with Crippen LogP contribution < -0.4 is 10.1 Å².